The Hall–Kier alpha value is -1.55. The summed E-state index contributed by atoms with van der Waals surface area (Å²) in [6, 6.07) is 0. The van der Waals surface area contributed by atoms with E-state index in [0.29, 0.717) is 6.20 Å². The molecule has 0 aliphatic carbocycles. The highest BCUT2D eigenvalue weighted by Gasteiger charge is 2.35. The molecule has 0 radical (unpaired) electrons. The average molecular weight is 288 g/mol. The molecule has 0 aliphatic heterocycles. The van der Waals surface area contributed by atoms with Gasteiger partial charge in [0.1, 0.15) is 0 Å². The van der Waals surface area contributed by atoms with Crippen molar-refractivity contribution in [2.75, 3.05) is 5.73 Å². The van der Waals surface area contributed by atoms with Crippen molar-refractivity contribution in [1.29, 1.82) is 0 Å². The number of nitro groups is 1. The zero-order valence-corrected chi connectivity index (χ0v) is 9.37. The van der Waals surface area contributed by atoms with Crippen LogP contribution in [0, 0.1) is 10.1 Å². The van der Waals surface area contributed by atoms with Gasteiger partial charge in [-0.05, 0) is 0 Å². The van der Waals surface area contributed by atoms with E-state index >= 15 is 0 Å². The Balaban J connectivity index is 3.80. The highest BCUT2D eigenvalue weighted by Crippen LogP contribution is 2.37. The largest absolute Gasteiger partial charge is 0.396 e. The Morgan fingerprint density at radius 3 is 2.41 bits per heavy atom. The molecule has 1 rings (SSSR count). The third kappa shape index (κ3) is 2.58. The monoisotopic (exact) mass is 287 g/mol. The first-order valence-corrected chi connectivity index (χ1v) is 6.12. The molecule has 0 aliphatic rings. The molecule has 0 unspecified atom stereocenters. The van der Waals surface area contributed by atoms with Crippen molar-refractivity contribution in [3.63, 3.8) is 0 Å². The summed E-state index contributed by atoms with van der Waals surface area (Å²) >= 11 is 0. The number of alkyl halides is 2. The number of anilines is 1. The van der Waals surface area contributed by atoms with Crippen LogP contribution in [0.4, 0.5) is 20.2 Å². The second-order valence-corrected chi connectivity index (χ2v) is 5.27. The molecular weight excluding hydrogens is 284 g/mol. The van der Waals surface area contributed by atoms with Crippen molar-refractivity contribution in [2.45, 2.75) is 11.3 Å². The van der Waals surface area contributed by atoms with Gasteiger partial charge in [-0.25, -0.2) is 22.2 Å². The van der Waals surface area contributed by atoms with Crippen LogP contribution in [0.25, 0.3) is 0 Å². The van der Waals surface area contributed by atoms with Gasteiger partial charge in [-0.3, -0.25) is 10.1 Å². The smallest absolute Gasteiger partial charge is 0.318 e. The van der Waals surface area contributed by atoms with Crippen LogP contribution in [0.1, 0.15) is 12.1 Å². The summed E-state index contributed by atoms with van der Waals surface area (Å²) in [6.45, 7) is 0. The van der Waals surface area contributed by atoms with Crippen LogP contribution in [0.15, 0.2) is 11.1 Å². The predicted molar refractivity (Wildman–Crippen MR) is 53.3 cm³/mol. The summed E-state index contributed by atoms with van der Waals surface area (Å²) in [5.74, 6) is 0. The molecule has 17 heavy (non-hydrogen) atoms. The maximum absolute atomic E-state index is 12.4. The maximum atomic E-state index is 12.4. The molecule has 1 heterocycles. The van der Waals surface area contributed by atoms with Crippen LogP contribution < -0.4 is 5.73 Å². The summed E-state index contributed by atoms with van der Waals surface area (Å²) in [7, 11) is 0.272. The lowest BCUT2D eigenvalue weighted by Crippen LogP contribution is -2.09. The lowest BCUT2D eigenvalue weighted by Gasteiger charge is -2.06. The average Bonchev–Trinajstić information content (AvgIpc) is 2.14. The number of aromatic nitrogens is 1. The number of rotatable bonds is 3. The zero-order chi connectivity index (χ0) is 13.4. The lowest BCUT2D eigenvalue weighted by molar-refractivity contribution is -0.389. The number of hydrogen-bond donors (Lipinski definition) is 1. The van der Waals surface area contributed by atoms with E-state index in [4.69, 9.17) is 16.4 Å². The SMILES string of the molecule is Nc1cnc(C(F)F)c([N+](=O)[O-])c1S(=O)(=O)Cl. The molecule has 0 aromatic carbocycles. The normalized spacial score (nSPS) is 11.8. The van der Waals surface area contributed by atoms with Crippen LogP contribution >= 0.6 is 10.7 Å². The van der Waals surface area contributed by atoms with E-state index < -0.39 is 42.4 Å². The minimum atomic E-state index is -4.63. The van der Waals surface area contributed by atoms with E-state index in [1.165, 1.54) is 0 Å². The van der Waals surface area contributed by atoms with Crippen molar-refractivity contribution in [1.82, 2.24) is 4.98 Å². The second-order valence-electron chi connectivity index (χ2n) is 2.77. The fraction of sp³-hybridized carbons (Fsp3) is 0.167. The van der Waals surface area contributed by atoms with Gasteiger partial charge in [0.25, 0.3) is 15.5 Å². The topological polar surface area (TPSA) is 116 Å². The minimum Gasteiger partial charge on any atom is -0.396 e. The van der Waals surface area contributed by atoms with Gasteiger partial charge in [-0.1, -0.05) is 0 Å². The Labute approximate surface area is 97.8 Å². The van der Waals surface area contributed by atoms with Crippen molar-refractivity contribution in [2.24, 2.45) is 0 Å². The highest BCUT2D eigenvalue weighted by atomic mass is 35.7. The molecule has 0 spiro atoms. The van der Waals surface area contributed by atoms with Crippen molar-refractivity contribution >= 4 is 31.1 Å². The Kier molecular flexibility index (Phi) is 3.48. The molecule has 11 heteroatoms. The second kappa shape index (κ2) is 4.37. The van der Waals surface area contributed by atoms with E-state index in [-0.39, 0.29) is 0 Å². The van der Waals surface area contributed by atoms with Crippen LogP contribution in [0.5, 0.6) is 0 Å². The fourth-order valence-corrected chi connectivity index (χ4v) is 2.34. The van der Waals surface area contributed by atoms with E-state index in [1.807, 2.05) is 0 Å². The van der Waals surface area contributed by atoms with Crippen molar-refractivity contribution in [3.8, 4) is 0 Å². The number of halogens is 3. The fourth-order valence-electron chi connectivity index (χ4n) is 1.10. The van der Waals surface area contributed by atoms with Gasteiger partial charge >= 0.3 is 5.69 Å². The van der Waals surface area contributed by atoms with Gasteiger partial charge in [0, 0.05) is 10.7 Å². The predicted octanol–water partition coefficient (Wildman–Crippen LogP) is 1.44. The summed E-state index contributed by atoms with van der Waals surface area (Å²) < 4.78 is 47.0. The number of nitrogens with zero attached hydrogens (tertiary/aromatic N) is 2. The summed E-state index contributed by atoms with van der Waals surface area (Å²) in [5.41, 5.74) is 1.76. The molecule has 1 aromatic rings. The molecule has 0 amide bonds. The quantitative estimate of drug-likeness (QED) is 0.511. The Morgan fingerprint density at radius 2 is 2.06 bits per heavy atom. The van der Waals surface area contributed by atoms with E-state index in [2.05, 4.69) is 4.98 Å². The molecule has 0 fully saturated rings. The number of pyridine rings is 1. The first-order valence-electron chi connectivity index (χ1n) is 3.81. The number of nitrogen functional groups attached to an aromatic ring is 1. The van der Waals surface area contributed by atoms with Gasteiger partial charge in [-0.2, -0.15) is 0 Å². The molecule has 94 valence electrons. The molecule has 0 saturated carbocycles. The Morgan fingerprint density at radius 1 is 1.53 bits per heavy atom. The van der Waals surface area contributed by atoms with Crippen LogP contribution in [0.2, 0.25) is 0 Å². The molecule has 0 atom stereocenters. The first kappa shape index (κ1) is 13.5. The van der Waals surface area contributed by atoms with Gasteiger partial charge in [-0.15, -0.1) is 0 Å². The summed E-state index contributed by atoms with van der Waals surface area (Å²) in [5, 5.41) is 10.6. The molecule has 0 bridgehead atoms. The van der Waals surface area contributed by atoms with E-state index in [9.17, 15) is 27.3 Å². The first-order chi connectivity index (χ1) is 7.66. The third-order valence-electron chi connectivity index (χ3n) is 1.70. The van der Waals surface area contributed by atoms with Crippen molar-refractivity contribution < 1.29 is 22.1 Å². The Bertz CT molecular complexity index is 577. The molecular formula is C6H4ClF2N3O4S. The van der Waals surface area contributed by atoms with Crippen molar-refractivity contribution in [3.05, 3.63) is 22.0 Å². The summed E-state index contributed by atoms with van der Waals surface area (Å²) in [4.78, 5) is 11.1. The van der Waals surface area contributed by atoms with Gasteiger partial charge in [0.15, 0.2) is 10.6 Å². The van der Waals surface area contributed by atoms with Crippen LogP contribution in [-0.2, 0) is 9.05 Å². The summed E-state index contributed by atoms with van der Waals surface area (Å²) in [6.07, 6.45) is -2.75. The lowest BCUT2D eigenvalue weighted by atomic mass is 10.3. The molecule has 2 N–H and O–H groups in total. The number of hydrogen-bond acceptors (Lipinski definition) is 6. The van der Waals surface area contributed by atoms with E-state index in [1.54, 1.807) is 0 Å². The molecule has 7 nitrogen and oxygen atoms in total. The standard InChI is InChI=1S/C6H4ClF2N3O4S/c7-17(15,16)5-2(10)1-11-3(6(8)9)4(5)12(13)14/h1,6H,10H2. The molecule has 0 saturated heterocycles. The third-order valence-corrected chi connectivity index (χ3v) is 3.08. The van der Waals surface area contributed by atoms with Gasteiger partial charge < -0.3 is 5.73 Å². The van der Waals surface area contributed by atoms with Gasteiger partial charge in [0.05, 0.1) is 16.8 Å². The molecule has 1 aromatic heterocycles. The highest BCUT2D eigenvalue weighted by molar-refractivity contribution is 8.14. The zero-order valence-electron chi connectivity index (χ0n) is 7.80. The number of nitrogens with two attached hydrogens (primary N) is 1. The van der Waals surface area contributed by atoms with Crippen LogP contribution in [-0.4, -0.2) is 18.3 Å². The van der Waals surface area contributed by atoms with Gasteiger partial charge in [0.2, 0.25) is 0 Å². The maximum Gasteiger partial charge on any atom is 0.318 e. The van der Waals surface area contributed by atoms with E-state index in [0.717, 1.165) is 0 Å². The van der Waals surface area contributed by atoms with Crippen LogP contribution in [0.3, 0.4) is 0 Å². The minimum absolute atomic E-state index is 0.573.